The van der Waals surface area contributed by atoms with E-state index in [2.05, 4.69) is 15.6 Å². The van der Waals surface area contributed by atoms with Crippen molar-refractivity contribution in [1.82, 2.24) is 20.2 Å². The number of esters is 1. The van der Waals surface area contributed by atoms with E-state index in [0.717, 1.165) is 10.1 Å². The number of amides is 2. The Bertz CT molecular complexity index is 1050. The minimum Gasteiger partial charge on any atom is -0.459 e. The minimum absolute atomic E-state index is 0.00614. The zero-order valence-electron chi connectivity index (χ0n) is 21.5. The van der Waals surface area contributed by atoms with E-state index in [1.165, 1.54) is 12.5 Å². The fraction of sp³-hybridized carbons (Fsp3) is 0.480. The summed E-state index contributed by atoms with van der Waals surface area (Å²) in [5.41, 5.74) is -0.304. The molecule has 11 heteroatoms. The lowest BCUT2D eigenvalue weighted by Crippen LogP contribution is -2.49. The molecule has 0 saturated heterocycles. The number of carbonyl (C=O) groups is 4. The molecule has 0 aliphatic rings. The topological polar surface area (TPSA) is 138 Å². The first-order chi connectivity index (χ1) is 16.7. The smallest absolute Gasteiger partial charge is 0.419 e. The number of ether oxygens (including phenoxy) is 3. The van der Waals surface area contributed by atoms with Crippen LogP contribution >= 0.6 is 0 Å². The number of carbonyl (C=O) groups excluding carboxylic acids is 4. The Kier molecular flexibility index (Phi) is 9.60. The van der Waals surface area contributed by atoms with Crippen molar-refractivity contribution in [1.29, 1.82) is 0 Å². The van der Waals surface area contributed by atoms with E-state index in [0.29, 0.717) is 5.69 Å². The maximum atomic E-state index is 12.8. The van der Waals surface area contributed by atoms with E-state index < -0.39 is 41.3 Å². The standard InChI is InChI=1S/C25H34N4O7/c1-24(2,3)35-20(30)13-26-21(31)19(28-22(32)34-15-17-10-8-7-9-11-17)12-18-14-29(16-27-18)23(33)36-25(4,5)6/h7-11,14,16,19H,12-13,15H2,1-6H3,(H,26,31)(H,28,32)/t19-/m0/s1. The average molecular weight is 503 g/mol. The summed E-state index contributed by atoms with van der Waals surface area (Å²) in [6.45, 7) is 9.95. The number of alkyl carbamates (subject to hydrolysis) is 1. The molecule has 1 atom stereocenters. The molecule has 0 unspecified atom stereocenters. The van der Waals surface area contributed by atoms with Gasteiger partial charge in [0, 0.05) is 12.6 Å². The van der Waals surface area contributed by atoms with Gasteiger partial charge in [-0.25, -0.2) is 19.1 Å². The van der Waals surface area contributed by atoms with Gasteiger partial charge >= 0.3 is 18.2 Å². The molecule has 1 aromatic carbocycles. The molecular weight excluding hydrogens is 468 g/mol. The van der Waals surface area contributed by atoms with Crippen LogP contribution in [-0.2, 0) is 36.8 Å². The number of rotatable bonds is 8. The zero-order chi connectivity index (χ0) is 26.9. The molecule has 0 radical (unpaired) electrons. The summed E-state index contributed by atoms with van der Waals surface area (Å²) in [6, 6.07) is 7.90. The van der Waals surface area contributed by atoms with E-state index in [-0.39, 0.29) is 19.6 Å². The quantitative estimate of drug-likeness (QED) is 0.415. The van der Waals surface area contributed by atoms with Crippen molar-refractivity contribution >= 4 is 24.1 Å². The molecule has 1 aromatic heterocycles. The van der Waals surface area contributed by atoms with Gasteiger partial charge in [-0.3, -0.25) is 9.59 Å². The van der Waals surface area contributed by atoms with E-state index in [1.807, 2.05) is 18.2 Å². The van der Waals surface area contributed by atoms with Crippen LogP contribution in [0, 0.1) is 0 Å². The number of nitrogens with one attached hydrogen (secondary N) is 2. The molecule has 2 rings (SSSR count). The number of hydrogen-bond acceptors (Lipinski definition) is 8. The van der Waals surface area contributed by atoms with Gasteiger partial charge in [0.2, 0.25) is 5.91 Å². The molecule has 0 aliphatic heterocycles. The molecule has 0 saturated carbocycles. The highest BCUT2D eigenvalue weighted by Crippen LogP contribution is 2.11. The second-order valence-corrected chi connectivity index (χ2v) is 10.0. The summed E-state index contributed by atoms with van der Waals surface area (Å²) in [7, 11) is 0. The Hall–Kier alpha value is -3.89. The molecule has 0 fully saturated rings. The van der Waals surface area contributed by atoms with Gasteiger partial charge in [0.25, 0.3) is 0 Å². The maximum Gasteiger partial charge on any atom is 0.419 e. The molecule has 2 aromatic rings. The minimum atomic E-state index is -1.14. The summed E-state index contributed by atoms with van der Waals surface area (Å²) in [4.78, 5) is 53.7. The molecule has 196 valence electrons. The van der Waals surface area contributed by atoms with Crippen LogP contribution in [0.2, 0.25) is 0 Å². The largest absolute Gasteiger partial charge is 0.459 e. The van der Waals surface area contributed by atoms with Crippen LogP contribution < -0.4 is 10.6 Å². The van der Waals surface area contributed by atoms with Gasteiger partial charge in [0.15, 0.2) is 0 Å². The maximum absolute atomic E-state index is 12.8. The van der Waals surface area contributed by atoms with Crippen LogP contribution in [0.4, 0.5) is 9.59 Å². The van der Waals surface area contributed by atoms with E-state index in [1.54, 1.807) is 53.7 Å². The number of imidazole rings is 1. The van der Waals surface area contributed by atoms with Gasteiger partial charge < -0.3 is 24.8 Å². The van der Waals surface area contributed by atoms with E-state index in [9.17, 15) is 19.2 Å². The first kappa shape index (κ1) is 28.3. The van der Waals surface area contributed by atoms with Gasteiger partial charge in [0.05, 0.1) is 5.69 Å². The van der Waals surface area contributed by atoms with Crippen molar-refractivity contribution in [2.24, 2.45) is 0 Å². The Morgan fingerprint density at radius 3 is 2.22 bits per heavy atom. The molecule has 36 heavy (non-hydrogen) atoms. The first-order valence-corrected chi connectivity index (χ1v) is 11.4. The highest BCUT2D eigenvalue weighted by atomic mass is 16.6. The average Bonchev–Trinajstić information content (AvgIpc) is 3.23. The fourth-order valence-electron chi connectivity index (χ4n) is 2.87. The van der Waals surface area contributed by atoms with E-state index >= 15 is 0 Å². The Balaban J connectivity index is 2.07. The lowest BCUT2D eigenvalue weighted by atomic mass is 10.1. The third-order valence-electron chi connectivity index (χ3n) is 4.30. The molecule has 1 heterocycles. The van der Waals surface area contributed by atoms with Gasteiger partial charge in [-0.2, -0.15) is 0 Å². The van der Waals surface area contributed by atoms with Crippen LogP contribution in [0.25, 0.3) is 0 Å². The predicted molar refractivity (Wildman–Crippen MR) is 130 cm³/mol. The number of nitrogens with zero attached hydrogens (tertiary/aromatic N) is 2. The van der Waals surface area contributed by atoms with Crippen molar-refractivity contribution in [3.8, 4) is 0 Å². The second kappa shape index (κ2) is 12.2. The van der Waals surface area contributed by atoms with Gasteiger partial charge in [-0.05, 0) is 47.1 Å². The van der Waals surface area contributed by atoms with Crippen LogP contribution in [0.1, 0.15) is 52.8 Å². The van der Waals surface area contributed by atoms with Crippen molar-refractivity contribution in [3.63, 3.8) is 0 Å². The number of hydrogen-bond donors (Lipinski definition) is 2. The van der Waals surface area contributed by atoms with Crippen molar-refractivity contribution in [2.45, 2.75) is 71.8 Å². The van der Waals surface area contributed by atoms with Crippen molar-refractivity contribution in [2.75, 3.05) is 6.54 Å². The van der Waals surface area contributed by atoms with Gasteiger partial charge in [-0.1, -0.05) is 30.3 Å². The third-order valence-corrected chi connectivity index (χ3v) is 4.30. The van der Waals surface area contributed by atoms with Crippen LogP contribution in [0.3, 0.4) is 0 Å². The molecule has 2 amide bonds. The predicted octanol–water partition coefficient (Wildman–Crippen LogP) is 2.96. The van der Waals surface area contributed by atoms with Gasteiger partial charge in [0.1, 0.15) is 36.7 Å². The SMILES string of the molecule is CC(C)(C)OC(=O)CNC(=O)[C@H](Cc1cn(C(=O)OC(C)(C)C)cn1)NC(=O)OCc1ccccc1. The molecule has 2 N–H and O–H groups in total. The summed E-state index contributed by atoms with van der Waals surface area (Å²) >= 11 is 0. The second-order valence-electron chi connectivity index (χ2n) is 10.0. The highest BCUT2D eigenvalue weighted by molar-refractivity contribution is 5.88. The zero-order valence-corrected chi connectivity index (χ0v) is 21.5. The van der Waals surface area contributed by atoms with Crippen molar-refractivity contribution in [3.05, 3.63) is 54.1 Å². The number of benzene rings is 1. The third kappa shape index (κ3) is 10.6. The summed E-state index contributed by atoms with van der Waals surface area (Å²) < 4.78 is 16.8. The Labute approximate surface area is 210 Å². The lowest BCUT2D eigenvalue weighted by Gasteiger charge is -2.21. The highest BCUT2D eigenvalue weighted by Gasteiger charge is 2.26. The van der Waals surface area contributed by atoms with E-state index in [4.69, 9.17) is 14.2 Å². The summed E-state index contributed by atoms with van der Waals surface area (Å²) in [5, 5.41) is 4.95. The Morgan fingerprint density at radius 2 is 1.61 bits per heavy atom. The normalized spacial score (nSPS) is 12.3. The van der Waals surface area contributed by atoms with Crippen LogP contribution in [-0.4, -0.2) is 57.4 Å². The molecule has 0 bridgehead atoms. The first-order valence-electron chi connectivity index (χ1n) is 11.4. The fourth-order valence-corrected chi connectivity index (χ4v) is 2.87. The number of aromatic nitrogens is 2. The monoisotopic (exact) mass is 502 g/mol. The molecular formula is C25H34N4O7. The lowest BCUT2D eigenvalue weighted by molar-refractivity contribution is -0.154. The Morgan fingerprint density at radius 1 is 0.972 bits per heavy atom. The molecule has 11 nitrogen and oxygen atoms in total. The summed E-state index contributed by atoms with van der Waals surface area (Å²) in [5.74, 6) is -1.28. The molecule has 0 spiro atoms. The van der Waals surface area contributed by atoms with Crippen LogP contribution in [0.15, 0.2) is 42.9 Å². The summed E-state index contributed by atoms with van der Waals surface area (Å²) in [6.07, 6.45) is 1.12. The molecule has 0 aliphatic carbocycles. The van der Waals surface area contributed by atoms with Crippen molar-refractivity contribution < 1.29 is 33.4 Å². The van der Waals surface area contributed by atoms with Gasteiger partial charge in [-0.15, -0.1) is 0 Å². The van der Waals surface area contributed by atoms with Crippen LogP contribution in [0.5, 0.6) is 0 Å².